The lowest BCUT2D eigenvalue weighted by atomic mass is 10.1. The zero-order valence-corrected chi connectivity index (χ0v) is 20.1. The molecule has 0 radical (unpaired) electrons. The van der Waals surface area contributed by atoms with Gasteiger partial charge in [0.05, 0.1) is 18.0 Å². The monoisotopic (exact) mass is 532 g/mol. The Bertz CT molecular complexity index is 916. The second-order valence-electron chi connectivity index (χ2n) is 6.28. The van der Waals surface area contributed by atoms with E-state index in [1.165, 1.54) is 12.1 Å². The third-order valence-corrected chi connectivity index (χ3v) is 4.91. The fourth-order valence-electron chi connectivity index (χ4n) is 2.57. The third kappa shape index (κ3) is 8.19. The lowest BCUT2D eigenvalue weighted by Crippen LogP contribution is -2.36. The van der Waals surface area contributed by atoms with Crippen LogP contribution in [0.2, 0.25) is 0 Å². The normalized spacial score (nSPS) is 11.5. The molecule has 7 nitrogen and oxygen atoms in total. The lowest BCUT2D eigenvalue weighted by molar-refractivity contribution is 0.336. The number of rotatable bonds is 8. The molecule has 0 aliphatic rings. The predicted molar refractivity (Wildman–Crippen MR) is 127 cm³/mol. The van der Waals surface area contributed by atoms with Gasteiger partial charge in [0, 0.05) is 18.7 Å². The van der Waals surface area contributed by atoms with Crippen LogP contribution in [-0.4, -0.2) is 27.5 Å². The van der Waals surface area contributed by atoms with Gasteiger partial charge >= 0.3 is 0 Å². The van der Waals surface area contributed by atoms with Crippen LogP contribution in [0, 0.1) is 6.92 Å². The van der Waals surface area contributed by atoms with Gasteiger partial charge in [0.25, 0.3) is 0 Å². The lowest BCUT2D eigenvalue weighted by Gasteiger charge is -2.15. The Morgan fingerprint density at radius 3 is 2.38 bits per heavy atom. The van der Waals surface area contributed by atoms with E-state index in [9.17, 15) is 8.42 Å². The molecule has 160 valence electrons. The van der Waals surface area contributed by atoms with Gasteiger partial charge in [-0.1, -0.05) is 24.3 Å². The van der Waals surface area contributed by atoms with E-state index in [1.807, 2.05) is 32.9 Å². The van der Waals surface area contributed by atoms with Crippen LogP contribution >= 0.6 is 24.0 Å². The maximum Gasteiger partial charge on any atom is 0.238 e. The first-order valence-electron chi connectivity index (χ1n) is 9.19. The first kappa shape index (κ1) is 25.2. The average molecular weight is 532 g/mol. The van der Waals surface area contributed by atoms with E-state index in [1.54, 1.807) is 12.1 Å². The number of nitrogens with one attached hydrogen (secondary N) is 2. The third-order valence-electron chi connectivity index (χ3n) is 3.98. The summed E-state index contributed by atoms with van der Waals surface area (Å²) in [4.78, 5) is 4.65. The summed E-state index contributed by atoms with van der Waals surface area (Å²) in [6.45, 7) is 8.31. The minimum atomic E-state index is -3.68. The predicted octanol–water partition coefficient (Wildman–Crippen LogP) is 2.91. The quantitative estimate of drug-likeness (QED) is 0.276. The van der Waals surface area contributed by atoms with Crippen molar-refractivity contribution in [3.63, 3.8) is 0 Å². The summed E-state index contributed by atoms with van der Waals surface area (Å²) in [5.41, 5.74) is 3.08. The van der Waals surface area contributed by atoms with Crippen molar-refractivity contribution in [3.05, 3.63) is 59.2 Å². The maximum absolute atomic E-state index is 11.3. The van der Waals surface area contributed by atoms with Crippen molar-refractivity contribution < 1.29 is 13.2 Å². The molecule has 0 spiro atoms. The first-order chi connectivity index (χ1) is 13.3. The summed E-state index contributed by atoms with van der Waals surface area (Å²) < 4.78 is 28.4. The Hall–Kier alpha value is -1.85. The van der Waals surface area contributed by atoms with E-state index in [0.29, 0.717) is 25.7 Å². The van der Waals surface area contributed by atoms with E-state index >= 15 is 0 Å². The van der Waals surface area contributed by atoms with Gasteiger partial charge in [-0.2, -0.15) is 0 Å². The Labute approximate surface area is 190 Å². The van der Waals surface area contributed by atoms with E-state index < -0.39 is 10.0 Å². The molecule has 0 aliphatic heterocycles. The summed E-state index contributed by atoms with van der Waals surface area (Å²) in [6, 6.07) is 12.5. The Morgan fingerprint density at radius 1 is 1.10 bits per heavy atom. The molecule has 0 unspecified atom stereocenters. The number of hydrogen-bond donors (Lipinski definition) is 3. The molecule has 2 rings (SSSR count). The molecular formula is C20H29IN4O3S. The highest BCUT2D eigenvalue weighted by molar-refractivity contribution is 14.0. The maximum atomic E-state index is 11.3. The smallest absolute Gasteiger partial charge is 0.238 e. The van der Waals surface area contributed by atoms with Crippen molar-refractivity contribution in [3.8, 4) is 5.75 Å². The number of halogens is 1. The average Bonchev–Trinajstić information content (AvgIpc) is 2.65. The van der Waals surface area contributed by atoms with Crippen molar-refractivity contribution in [1.29, 1.82) is 0 Å². The van der Waals surface area contributed by atoms with E-state index in [4.69, 9.17) is 9.88 Å². The fraction of sp³-hybridized carbons (Fsp3) is 0.350. The number of aryl methyl sites for hydroxylation is 1. The van der Waals surface area contributed by atoms with Gasteiger partial charge in [0.2, 0.25) is 10.0 Å². The van der Waals surface area contributed by atoms with E-state index in [-0.39, 0.29) is 28.9 Å². The Kier molecular flexibility index (Phi) is 10.4. The van der Waals surface area contributed by atoms with Crippen LogP contribution in [0.3, 0.4) is 0 Å². The number of benzene rings is 2. The van der Waals surface area contributed by atoms with Gasteiger partial charge in [-0.15, -0.1) is 24.0 Å². The largest absolute Gasteiger partial charge is 0.494 e. The highest BCUT2D eigenvalue weighted by Crippen LogP contribution is 2.20. The number of guanidine groups is 1. The summed E-state index contributed by atoms with van der Waals surface area (Å²) in [6.07, 6.45) is 0. The Balaban J connectivity index is 0.00000420. The van der Waals surface area contributed by atoms with Crippen LogP contribution in [0.15, 0.2) is 52.4 Å². The van der Waals surface area contributed by atoms with Crippen molar-refractivity contribution in [2.24, 2.45) is 10.1 Å². The van der Waals surface area contributed by atoms with Gasteiger partial charge in [0.1, 0.15) is 5.75 Å². The number of hydrogen-bond acceptors (Lipinski definition) is 4. The van der Waals surface area contributed by atoms with Crippen molar-refractivity contribution >= 4 is 40.0 Å². The van der Waals surface area contributed by atoms with Gasteiger partial charge in [-0.25, -0.2) is 18.5 Å². The molecule has 4 N–H and O–H groups in total. The number of aliphatic imine (C=N–C) groups is 1. The standard InChI is InChI=1S/C20H28N4O3S.HI/c1-4-22-20(23-13-16-7-10-18(11-8-16)28(21,25)26)24-14-17-9-6-15(3)12-19(17)27-5-2;/h6-12H,4-5,13-14H2,1-3H3,(H2,21,25,26)(H2,22,23,24);1H. The molecule has 0 atom stereocenters. The molecule has 0 heterocycles. The van der Waals surface area contributed by atoms with Crippen LogP contribution in [-0.2, 0) is 23.1 Å². The molecule has 0 saturated heterocycles. The van der Waals surface area contributed by atoms with E-state index in [0.717, 1.165) is 29.0 Å². The van der Waals surface area contributed by atoms with Crippen LogP contribution in [0.5, 0.6) is 5.75 Å². The topological polar surface area (TPSA) is 106 Å². The van der Waals surface area contributed by atoms with Crippen LogP contribution < -0.4 is 20.5 Å². The fourth-order valence-corrected chi connectivity index (χ4v) is 3.09. The number of sulfonamides is 1. The SMILES string of the molecule is CCNC(=NCc1ccc(S(N)(=O)=O)cc1)NCc1ccc(C)cc1OCC.I. The molecule has 9 heteroatoms. The van der Waals surface area contributed by atoms with Crippen LogP contribution in [0.4, 0.5) is 0 Å². The minimum absolute atomic E-state index is 0. The highest BCUT2D eigenvalue weighted by atomic mass is 127. The van der Waals surface area contributed by atoms with Gasteiger partial charge in [-0.05, 0) is 50.1 Å². The molecule has 0 saturated carbocycles. The molecular weight excluding hydrogens is 503 g/mol. The molecule has 0 amide bonds. The molecule has 29 heavy (non-hydrogen) atoms. The highest BCUT2D eigenvalue weighted by Gasteiger charge is 2.07. The second kappa shape index (κ2) is 12.0. The molecule has 0 aromatic heterocycles. The number of nitrogens with two attached hydrogens (primary N) is 1. The summed E-state index contributed by atoms with van der Waals surface area (Å²) in [5.74, 6) is 1.53. The van der Waals surface area contributed by atoms with Crippen LogP contribution in [0.1, 0.15) is 30.5 Å². The van der Waals surface area contributed by atoms with Crippen molar-refractivity contribution in [2.45, 2.75) is 38.8 Å². The molecule has 0 bridgehead atoms. The summed E-state index contributed by atoms with van der Waals surface area (Å²) >= 11 is 0. The second-order valence-corrected chi connectivity index (χ2v) is 7.84. The summed E-state index contributed by atoms with van der Waals surface area (Å²) in [7, 11) is -3.68. The molecule has 2 aromatic rings. The number of primary sulfonamides is 1. The summed E-state index contributed by atoms with van der Waals surface area (Å²) in [5, 5.41) is 11.6. The zero-order valence-electron chi connectivity index (χ0n) is 16.9. The molecule has 2 aromatic carbocycles. The van der Waals surface area contributed by atoms with Gasteiger partial charge < -0.3 is 15.4 Å². The van der Waals surface area contributed by atoms with Crippen LogP contribution in [0.25, 0.3) is 0 Å². The number of nitrogens with zero attached hydrogens (tertiary/aromatic N) is 1. The number of ether oxygens (including phenoxy) is 1. The van der Waals surface area contributed by atoms with E-state index in [2.05, 4.69) is 21.7 Å². The van der Waals surface area contributed by atoms with Crippen molar-refractivity contribution in [1.82, 2.24) is 10.6 Å². The minimum Gasteiger partial charge on any atom is -0.494 e. The first-order valence-corrected chi connectivity index (χ1v) is 10.7. The molecule has 0 fully saturated rings. The Morgan fingerprint density at radius 2 is 1.79 bits per heavy atom. The van der Waals surface area contributed by atoms with Gasteiger partial charge in [0.15, 0.2) is 5.96 Å². The molecule has 0 aliphatic carbocycles. The van der Waals surface area contributed by atoms with Gasteiger partial charge in [-0.3, -0.25) is 0 Å². The zero-order chi connectivity index (χ0) is 20.6. The van der Waals surface area contributed by atoms with Crippen molar-refractivity contribution in [2.75, 3.05) is 13.2 Å².